The largest absolute Gasteiger partial charge is 0.456 e. The van der Waals surface area contributed by atoms with Crippen molar-refractivity contribution in [3.05, 3.63) is 0 Å². The van der Waals surface area contributed by atoms with Gasteiger partial charge in [-0.2, -0.15) is 30.4 Å². The third-order valence-corrected chi connectivity index (χ3v) is 3.11. The Bertz CT molecular complexity index is 553. The summed E-state index contributed by atoms with van der Waals surface area (Å²) in [4.78, 5) is 0. The fourth-order valence-corrected chi connectivity index (χ4v) is 1.70. The van der Waals surface area contributed by atoms with Crippen molar-refractivity contribution in [2.45, 2.75) is 55.5 Å². The van der Waals surface area contributed by atoms with Crippen molar-refractivity contribution in [2.24, 2.45) is 0 Å². The summed E-state index contributed by atoms with van der Waals surface area (Å²) >= 11 is 0. The second-order valence-electron chi connectivity index (χ2n) is 4.62. The topological polar surface area (TPSA) is 63.6 Å². The van der Waals surface area contributed by atoms with Crippen LogP contribution in [-0.2, 0) is 14.6 Å². The van der Waals surface area contributed by atoms with E-state index in [2.05, 4.69) is 4.18 Å². The van der Waals surface area contributed by atoms with Gasteiger partial charge in [0.05, 0.1) is 0 Å². The minimum absolute atomic E-state index is 2.78. The molecule has 0 aromatic heterocycles. The van der Waals surface area contributed by atoms with E-state index in [0.717, 1.165) is 0 Å². The monoisotopic (exact) mass is 440 g/mol. The molecule has 0 heterocycles. The maximum atomic E-state index is 13.2. The van der Waals surface area contributed by atoms with Crippen LogP contribution in [0.1, 0.15) is 0 Å². The highest BCUT2D eigenvalue weighted by molar-refractivity contribution is 7.80. The normalized spacial score (nSPS) is 22.2. The molecule has 1 N–H and O–H groups in total. The van der Waals surface area contributed by atoms with Gasteiger partial charge in [-0.15, -0.1) is 0 Å². The maximum absolute atomic E-state index is 13.2. The summed E-state index contributed by atoms with van der Waals surface area (Å²) < 4.78 is 182. The van der Waals surface area contributed by atoms with Crippen molar-refractivity contribution in [1.82, 2.24) is 0 Å². The fourth-order valence-electron chi connectivity index (χ4n) is 1.36. The summed E-state index contributed by atoms with van der Waals surface area (Å²) in [6.45, 7) is 0. The van der Waals surface area contributed by atoms with Gasteiger partial charge in [-0.25, -0.2) is 34.9 Å². The summed E-state index contributed by atoms with van der Waals surface area (Å²) in [5.74, 6) is -6.53. The van der Waals surface area contributed by atoms with Crippen molar-refractivity contribution in [1.29, 1.82) is 0 Å². The molecule has 158 valence electrons. The van der Waals surface area contributed by atoms with Crippen LogP contribution in [-0.4, -0.2) is 68.5 Å². The zero-order valence-electron chi connectivity index (χ0n) is 11.7. The lowest BCUT2D eigenvalue weighted by Gasteiger charge is -2.29. The van der Waals surface area contributed by atoms with Gasteiger partial charge >= 0.3 is 22.5 Å². The number of hydrogen-bond donors (Lipinski definition) is 1. The summed E-state index contributed by atoms with van der Waals surface area (Å²) in [6, 6.07) is 0. The molecule has 26 heavy (non-hydrogen) atoms. The van der Waals surface area contributed by atoms with E-state index in [0.29, 0.717) is 0 Å². The molecule has 0 amide bonds. The fraction of sp³-hybridized carbons (Fsp3) is 1.00. The Kier molecular flexibility index (Phi) is 8.05. The molecular weight excluding hydrogens is 432 g/mol. The van der Waals surface area contributed by atoms with Gasteiger partial charge in [0.25, 0.3) is 6.36 Å². The zero-order valence-corrected chi connectivity index (χ0v) is 12.5. The first-order chi connectivity index (χ1) is 11.3. The van der Waals surface area contributed by atoms with E-state index in [1.807, 2.05) is 0 Å². The van der Waals surface area contributed by atoms with Crippen LogP contribution in [0.4, 0.5) is 52.7 Å². The minimum atomic E-state index is -6.74. The van der Waals surface area contributed by atoms with Crippen molar-refractivity contribution < 1.29 is 69.8 Å². The van der Waals surface area contributed by atoms with E-state index in [4.69, 9.17) is 4.55 Å². The van der Waals surface area contributed by atoms with Crippen LogP contribution in [0.25, 0.3) is 0 Å². The van der Waals surface area contributed by atoms with E-state index in [9.17, 15) is 61.1 Å². The van der Waals surface area contributed by atoms with Crippen LogP contribution in [0.2, 0.25) is 0 Å². The first kappa shape index (κ1) is 25.0. The summed E-state index contributed by atoms with van der Waals surface area (Å²) in [6.07, 6.45) is -37.7. The Labute approximate surface area is 137 Å². The molecule has 0 saturated carbocycles. The molecule has 4 nitrogen and oxygen atoms in total. The first-order valence-electron chi connectivity index (χ1n) is 5.93. The van der Waals surface area contributed by atoms with Gasteiger partial charge in [-0.1, -0.05) is 0 Å². The van der Waals surface area contributed by atoms with Gasteiger partial charge in [-0.3, -0.25) is 4.55 Å². The van der Waals surface area contributed by atoms with Gasteiger partial charge in [-0.05, 0) is 0 Å². The van der Waals surface area contributed by atoms with Crippen molar-refractivity contribution in [3.63, 3.8) is 0 Å². The number of alkyl halides is 12. The molecule has 17 heteroatoms. The van der Waals surface area contributed by atoms with Gasteiger partial charge in [0, 0.05) is 0 Å². The van der Waals surface area contributed by atoms with E-state index >= 15 is 0 Å². The van der Waals surface area contributed by atoms with Crippen LogP contribution >= 0.6 is 0 Å². The lowest BCUT2D eigenvalue weighted by atomic mass is 9.98. The molecule has 0 aromatic carbocycles. The zero-order chi connectivity index (χ0) is 21.2. The van der Waals surface area contributed by atoms with Crippen molar-refractivity contribution in [2.75, 3.05) is 0 Å². The predicted octanol–water partition coefficient (Wildman–Crippen LogP) is 3.33. The van der Waals surface area contributed by atoms with Crippen LogP contribution in [0.15, 0.2) is 0 Å². The predicted molar refractivity (Wildman–Crippen MR) is 57.9 cm³/mol. The average Bonchev–Trinajstić information content (AvgIpc) is 2.47. The smallest absolute Gasteiger partial charge is 0.263 e. The van der Waals surface area contributed by atoms with Gasteiger partial charge in [0.15, 0.2) is 30.9 Å². The molecule has 7 atom stereocenters. The van der Waals surface area contributed by atoms with E-state index in [1.54, 1.807) is 0 Å². The molecule has 7 unspecified atom stereocenters. The highest BCUT2D eigenvalue weighted by Crippen LogP contribution is 2.42. The van der Waals surface area contributed by atoms with Gasteiger partial charge in [0.2, 0.25) is 6.17 Å². The summed E-state index contributed by atoms with van der Waals surface area (Å²) in [7, 11) is -5.77. The lowest BCUT2D eigenvalue weighted by molar-refractivity contribution is -0.311. The van der Waals surface area contributed by atoms with E-state index in [1.165, 1.54) is 0 Å². The molecule has 0 fully saturated rings. The number of halogens is 12. The van der Waals surface area contributed by atoms with Crippen LogP contribution < -0.4 is 0 Å². The quantitative estimate of drug-likeness (QED) is 0.442. The lowest BCUT2D eigenvalue weighted by Crippen LogP contribution is -2.54. The minimum Gasteiger partial charge on any atom is -0.263 e. The second kappa shape index (κ2) is 8.37. The molecule has 0 spiro atoms. The van der Waals surface area contributed by atoms with Crippen LogP contribution in [0.5, 0.6) is 0 Å². The number of hydrogen-bond acceptors (Lipinski definition) is 3. The molecule has 0 aromatic rings. The molecule has 0 rings (SSSR count). The molecule has 0 aliphatic carbocycles. The Morgan fingerprint density at radius 1 is 0.692 bits per heavy atom. The Hall–Kier alpha value is -0.970. The molecule has 0 saturated heterocycles. The second-order valence-corrected chi connectivity index (χ2v) is 5.67. The van der Waals surface area contributed by atoms with Crippen molar-refractivity contribution >= 4 is 10.4 Å². The molecule has 0 aliphatic rings. The molecule has 0 aliphatic heterocycles. The Morgan fingerprint density at radius 3 is 1.38 bits per heavy atom. The third-order valence-electron chi connectivity index (χ3n) is 2.68. The molecule has 0 bridgehead atoms. The molecular formula is C9H8F12O4S. The summed E-state index contributed by atoms with van der Waals surface area (Å²) in [5.41, 5.74) is 0. The van der Waals surface area contributed by atoms with Crippen LogP contribution in [0.3, 0.4) is 0 Å². The van der Waals surface area contributed by atoms with Gasteiger partial charge < -0.3 is 0 Å². The van der Waals surface area contributed by atoms with E-state index < -0.39 is 65.9 Å². The average molecular weight is 440 g/mol. The summed E-state index contributed by atoms with van der Waals surface area (Å²) in [5, 5.41) is 0. The van der Waals surface area contributed by atoms with Crippen molar-refractivity contribution in [3.8, 4) is 0 Å². The van der Waals surface area contributed by atoms with Gasteiger partial charge in [0.1, 0.15) is 0 Å². The van der Waals surface area contributed by atoms with E-state index in [-0.39, 0.29) is 0 Å². The standard InChI is InChI=1S/C9H8F12O4S/c10-1(3(12)5(14)7(16)25-26(22,23)24)2(11)4(13)6(15)8(17,18)9(19,20)21/h1-7H,(H,22,23,24). The highest BCUT2D eigenvalue weighted by Gasteiger charge is 2.67. The molecule has 0 radical (unpaired) electrons. The SMILES string of the molecule is O=S(=O)(O)OC(F)C(F)C(F)C(F)C(F)C(F)C(F)C(F)(F)C(F)(F)F. The Morgan fingerprint density at radius 2 is 1.04 bits per heavy atom. The maximum Gasteiger partial charge on any atom is 0.456 e. The highest BCUT2D eigenvalue weighted by atomic mass is 32.3. The Balaban J connectivity index is 5.21. The first-order valence-corrected chi connectivity index (χ1v) is 7.29. The third kappa shape index (κ3) is 6.04. The number of rotatable bonds is 9. The van der Waals surface area contributed by atoms with Crippen LogP contribution in [0, 0.1) is 0 Å².